The molecule has 15 heavy (non-hydrogen) atoms. The van der Waals surface area contributed by atoms with E-state index in [2.05, 4.69) is 22.4 Å². The van der Waals surface area contributed by atoms with E-state index in [1.807, 2.05) is 20.8 Å². The van der Waals surface area contributed by atoms with Gasteiger partial charge in [-0.15, -0.1) is 0 Å². The van der Waals surface area contributed by atoms with E-state index < -0.39 is 0 Å². The van der Waals surface area contributed by atoms with E-state index in [0.29, 0.717) is 0 Å². The Morgan fingerprint density at radius 1 is 1.47 bits per heavy atom. The number of hydrogen-bond acceptors (Lipinski definition) is 3. The van der Waals surface area contributed by atoms with Crippen LogP contribution in [0.15, 0.2) is 11.1 Å². The second kappa shape index (κ2) is 3.39. The summed E-state index contributed by atoms with van der Waals surface area (Å²) in [4.78, 5) is 4.27. The van der Waals surface area contributed by atoms with E-state index >= 15 is 0 Å². The van der Waals surface area contributed by atoms with Gasteiger partial charge in [0.25, 0.3) is 0 Å². The molecule has 3 heteroatoms. The molecular formula is C12H13N3. The Morgan fingerprint density at radius 3 is 2.87 bits per heavy atom. The molecule has 0 unspecified atom stereocenters. The molecular weight excluding hydrogens is 186 g/mol. The summed E-state index contributed by atoms with van der Waals surface area (Å²) in [6, 6.07) is 4.50. The van der Waals surface area contributed by atoms with Gasteiger partial charge in [-0.25, -0.2) is 0 Å². The fourth-order valence-corrected chi connectivity index (χ4v) is 1.86. The van der Waals surface area contributed by atoms with E-state index in [9.17, 15) is 0 Å². The van der Waals surface area contributed by atoms with Gasteiger partial charge in [0.05, 0.1) is 23.6 Å². The lowest BCUT2D eigenvalue weighted by atomic mass is 9.94. The minimum Gasteiger partial charge on any atom is -0.345 e. The Morgan fingerprint density at radius 2 is 2.20 bits per heavy atom. The van der Waals surface area contributed by atoms with Crippen molar-refractivity contribution in [3.63, 3.8) is 0 Å². The van der Waals surface area contributed by atoms with Crippen LogP contribution in [-0.4, -0.2) is 6.34 Å². The van der Waals surface area contributed by atoms with Gasteiger partial charge < -0.3 is 5.32 Å². The lowest BCUT2D eigenvalue weighted by Crippen LogP contribution is -2.11. The predicted octanol–water partition coefficient (Wildman–Crippen LogP) is 2.69. The average Bonchev–Trinajstić information content (AvgIpc) is 2.22. The standard InChI is InChI=1S/C12H13N3/c1-7-4-10-9(3)14-6-15-12(10)11(5-13)8(7)2/h4,6,9H,1-3H3,(H,14,15)/t9-/m1/s1. The minimum absolute atomic E-state index is 0.132. The third-order valence-electron chi connectivity index (χ3n) is 2.95. The maximum atomic E-state index is 9.15. The van der Waals surface area contributed by atoms with Crippen molar-refractivity contribution in [2.24, 2.45) is 4.99 Å². The number of aryl methyl sites for hydroxylation is 1. The quantitative estimate of drug-likeness (QED) is 0.698. The van der Waals surface area contributed by atoms with Crippen LogP contribution in [0.2, 0.25) is 0 Å². The summed E-state index contributed by atoms with van der Waals surface area (Å²) in [6.45, 7) is 6.04. The summed E-state index contributed by atoms with van der Waals surface area (Å²) in [5.74, 6) is 0. The Balaban J connectivity index is 2.74. The van der Waals surface area contributed by atoms with E-state index in [1.54, 1.807) is 6.34 Å². The van der Waals surface area contributed by atoms with Crippen molar-refractivity contribution >= 4 is 12.0 Å². The van der Waals surface area contributed by atoms with Gasteiger partial charge in [-0.2, -0.15) is 5.26 Å². The van der Waals surface area contributed by atoms with Gasteiger partial charge in [0.2, 0.25) is 0 Å². The highest BCUT2D eigenvalue weighted by Crippen LogP contribution is 2.34. The molecule has 1 heterocycles. The number of aliphatic imine (C=N–C) groups is 1. The van der Waals surface area contributed by atoms with Gasteiger partial charge in [-0.1, -0.05) is 6.07 Å². The van der Waals surface area contributed by atoms with Crippen LogP contribution in [0.1, 0.15) is 35.2 Å². The SMILES string of the molecule is Cc1cc2c(c(C#N)c1C)NC=N[C@@H]2C. The van der Waals surface area contributed by atoms with Crippen molar-refractivity contribution in [2.45, 2.75) is 26.8 Å². The number of nitrogens with zero attached hydrogens (tertiary/aromatic N) is 2. The molecule has 0 radical (unpaired) electrons. The molecule has 0 amide bonds. The van der Waals surface area contributed by atoms with Gasteiger partial charge in [0, 0.05) is 5.56 Å². The third-order valence-corrected chi connectivity index (χ3v) is 2.95. The lowest BCUT2D eigenvalue weighted by molar-refractivity contribution is 0.815. The smallest absolute Gasteiger partial charge is 0.102 e. The highest BCUT2D eigenvalue weighted by atomic mass is 15.0. The first-order valence-corrected chi connectivity index (χ1v) is 4.97. The molecule has 0 bridgehead atoms. The van der Waals surface area contributed by atoms with Crippen LogP contribution < -0.4 is 5.32 Å². The van der Waals surface area contributed by atoms with E-state index in [0.717, 1.165) is 27.9 Å². The first-order chi connectivity index (χ1) is 7.15. The fourth-order valence-electron chi connectivity index (χ4n) is 1.86. The van der Waals surface area contributed by atoms with Gasteiger partial charge >= 0.3 is 0 Å². The Kier molecular flexibility index (Phi) is 2.20. The molecule has 0 aromatic heterocycles. The molecule has 0 saturated carbocycles. The van der Waals surface area contributed by atoms with E-state index in [4.69, 9.17) is 5.26 Å². The van der Waals surface area contributed by atoms with Crippen LogP contribution in [0.25, 0.3) is 0 Å². The topological polar surface area (TPSA) is 48.2 Å². The molecule has 1 aromatic carbocycles. The van der Waals surface area contributed by atoms with E-state index in [1.165, 1.54) is 0 Å². The highest BCUT2D eigenvalue weighted by Gasteiger charge is 2.19. The van der Waals surface area contributed by atoms with Crippen molar-refractivity contribution in [1.29, 1.82) is 5.26 Å². The molecule has 0 saturated heterocycles. The molecule has 1 atom stereocenters. The van der Waals surface area contributed by atoms with Crippen molar-refractivity contribution < 1.29 is 0 Å². The average molecular weight is 199 g/mol. The summed E-state index contributed by atoms with van der Waals surface area (Å²) < 4.78 is 0. The largest absolute Gasteiger partial charge is 0.345 e. The van der Waals surface area contributed by atoms with Crippen LogP contribution >= 0.6 is 0 Å². The molecule has 1 aliphatic heterocycles. The Labute approximate surface area is 89.5 Å². The number of benzene rings is 1. The lowest BCUT2D eigenvalue weighted by Gasteiger charge is -2.21. The zero-order valence-corrected chi connectivity index (χ0v) is 9.13. The molecule has 0 aliphatic carbocycles. The zero-order valence-electron chi connectivity index (χ0n) is 9.13. The summed E-state index contributed by atoms with van der Waals surface area (Å²) in [7, 11) is 0. The molecule has 1 N–H and O–H groups in total. The van der Waals surface area contributed by atoms with E-state index in [-0.39, 0.29) is 6.04 Å². The third kappa shape index (κ3) is 1.39. The zero-order chi connectivity index (χ0) is 11.0. The molecule has 1 aromatic rings. The van der Waals surface area contributed by atoms with Crippen molar-refractivity contribution in [1.82, 2.24) is 0 Å². The summed E-state index contributed by atoms with van der Waals surface area (Å²) in [5, 5.41) is 12.2. The van der Waals surface area contributed by atoms with Crippen molar-refractivity contribution in [3.8, 4) is 6.07 Å². The van der Waals surface area contributed by atoms with Gasteiger partial charge in [0.15, 0.2) is 0 Å². The van der Waals surface area contributed by atoms with Crippen LogP contribution in [-0.2, 0) is 0 Å². The maximum Gasteiger partial charge on any atom is 0.102 e. The number of nitriles is 1. The van der Waals surface area contributed by atoms with Crippen LogP contribution in [0.4, 0.5) is 5.69 Å². The van der Waals surface area contributed by atoms with Gasteiger partial charge in [0.1, 0.15) is 6.07 Å². The van der Waals surface area contributed by atoms with Crippen LogP contribution in [0.3, 0.4) is 0 Å². The summed E-state index contributed by atoms with van der Waals surface area (Å²) in [5.41, 5.74) is 4.96. The normalized spacial score (nSPS) is 17.9. The highest BCUT2D eigenvalue weighted by molar-refractivity contribution is 5.84. The Hall–Kier alpha value is -1.82. The summed E-state index contributed by atoms with van der Waals surface area (Å²) in [6.07, 6.45) is 1.67. The second-order valence-corrected chi connectivity index (χ2v) is 3.87. The number of anilines is 1. The number of fused-ring (bicyclic) bond motifs is 1. The number of rotatable bonds is 0. The van der Waals surface area contributed by atoms with Crippen molar-refractivity contribution in [3.05, 3.63) is 28.3 Å². The number of nitrogens with one attached hydrogen (secondary N) is 1. The molecule has 1 aliphatic rings. The Bertz CT molecular complexity index is 481. The molecule has 3 nitrogen and oxygen atoms in total. The second-order valence-electron chi connectivity index (χ2n) is 3.87. The van der Waals surface area contributed by atoms with Gasteiger partial charge in [-0.3, -0.25) is 4.99 Å². The number of hydrogen-bond donors (Lipinski definition) is 1. The molecule has 76 valence electrons. The van der Waals surface area contributed by atoms with Crippen molar-refractivity contribution in [2.75, 3.05) is 5.32 Å². The molecule has 0 spiro atoms. The van der Waals surface area contributed by atoms with Gasteiger partial charge in [-0.05, 0) is 31.9 Å². The first kappa shape index (κ1) is 9.72. The molecule has 0 fully saturated rings. The fraction of sp³-hybridized carbons (Fsp3) is 0.333. The maximum absolute atomic E-state index is 9.15. The first-order valence-electron chi connectivity index (χ1n) is 4.97. The van der Waals surface area contributed by atoms with Crippen LogP contribution in [0, 0.1) is 25.2 Å². The monoisotopic (exact) mass is 199 g/mol. The molecule has 2 rings (SSSR count). The predicted molar refractivity (Wildman–Crippen MR) is 61.2 cm³/mol. The minimum atomic E-state index is 0.132. The summed E-state index contributed by atoms with van der Waals surface area (Å²) >= 11 is 0. The van der Waals surface area contributed by atoms with Crippen LogP contribution in [0.5, 0.6) is 0 Å².